The van der Waals surface area contributed by atoms with Crippen LogP contribution in [0.4, 0.5) is 0 Å². The summed E-state index contributed by atoms with van der Waals surface area (Å²) in [6.45, 7) is 2.05. The molecule has 7 heteroatoms. The van der Waals surface area contributed by atoms with Crippen molar-refractivity contribution in [2.75, 3.05) is 0 Å². The average Bonchev–Trinajstić information content (AvgIpc) is 2.84. The number of carboxylic acids is 1. The first kappa shape index (κ1) is 24.2. The van der Waals surface area contributed by atoms with Gasteiger partial charge in [0.25, 0.3) is 0 Å². The Morgan fingerprint density at radius 2 is 1.46 bits per heavy atom. The summed E-state index contributed by atoms with van der Waals surface area (Å²) in [5, 5.41) is 8.96. The molecule has 0 atom stereocenters. The number of hydrogen-bond donors (Lipinski definition) is 2. The zero-order valence-electron chi connectivity index (χ0n) is 19.1. The van der Waals surface area contributed by atoms with Crippen molar-refractivity contribution in [1.82, 2.24) is 4.72 Å². The topological polar surface area (TPSA) is 92.7 Å². The number of para-hydroxylation sites is 1. The molecule has 0 fully saturated rings. The summed E-state index contributed by atoms with van der Waals surface area (Å²) >= 11 is 0. The number of benzene rings is 4. The van der Waals surface area contributed by atoms with Crippen molar-refractivity contribution in [1.29, 1.82) is 0 Å². The second-order valence-electron chi connectivity index (χ2n) is 8.17. The minimum Gasteiger partial charge on any atom is -0.478 e. The fraction of sp³-hybridized carbons (Fsp3) is 0.107. The molecule has 0 saturated carbocycles. The molecule has 6 nitrogen and oxygen atoms in total. The smallest absolute Gasteiger partial charge is 0.335 e. The molecular weight excluding hydrogens is 462 g/mol. The SMILES string of the molecule is Cc1cc(CS(=O)(=O)NCc2ccc(C(=O)O)cc2)ccc1-c1ccc(Oc2ccccc2)cc1. The van der Waals surface area contributed by atoms with Crippen LogP contribution in [0, 0.1) is 6.92 Å². The van der Waals surface area contributed by atoms with Crippen molar-refractivity contribution >= 4 is 16.0 Å². The molecule has 0 radical (unpaired) electrons. The van der Waals surface area contributed by atoms with Crippen molar-refractivity contribution < 1.29 is 23.1 Å². The quantitative estimate of drug-likeness (QED) is 0.313. The maximum Gasteiger partial charge on any atom is 0.335 e. The van der Waals surface area contributed by atoms with Crippen LogP contribution in [-0.4, -0.2) is 19.5 Å². The third kappa shape index (κ3) is 6.56. The molecule has 4 rings (SSSR count). The number of aryl methyl sites for hydroxylation is 1. The summed E-state index contributed by atoms with van der Waals surface area (Å²) in [5.74, 6) is 0.342. The van der Waals surface area contributed by atoms with Crippen molar-refractivity contribution in [3.05, 3.63) is 119 Å². The monoisotopic (exact) mass is 487 g/mol. The summed E-state index contributed by atoms with van der Waals surface area (Å²) in [6.07, 6.45) is 0. The highest BCUT2D eigenvalue weighted by atomic mass is 32.2. The van der Waals surface area contributed by atoms with Crippen LogP contribution in [0.1, 0.15) is 27.0 Å². The number of carbonyl (C=O) groups is 1. The molecule has 0 bridgehead atoms. The van der Waals surface area contributed by atoms with Gasteiger partial charge in [0.1, 0.15) is 11.5 Å². The summed E-state index contributed by atoms with van der Waals surface area (Å²) in [7, 11) is -3.57. The van der Waals surface area contributed by atoms with E-state index in [0.29, 0.717) is 11.1 Å². The van der Waals surface area contributed by atoms with Gasteiger partial charge in [-0.1, -0.05) is 60.7 Å². The van der Waals surface area contributed by atoms with Gasteiger partial charge in [-0.05, 0) is 71.1 Å². The van der Waals surface area contributed by atoms with E-state index in [2.05, 4.69) is 4.72 Å². The Morgan fingerprint density at radius 3 is 2.09 bits per heavy atom. The predicted molar refractivity (Wildman–Crippen MR) is 136 cm³/mol. The van der Waals surface area contributed by atoms with E-state index >= 15 is 0 Å². The molecule has 0 aliphatic rings. The number of aromatic carboxylic acids is 1. The lowest BCUT2D eigenvalue weighted by molar-refractivity contribution is 0.0697. The van der Waals surface area contributed by atoms with Gasteiger partial charge in [0.15, 0.2) is 0 Å². The first-order chi connectivity index (χ1) is 16.8. The zero-order valence-corrected chi connectivity index (χ0v) is 20.0. The van der Waals surface area contributed by atoms with Crippen LogP contribution in [0.2, 0.25) is 0 Å². The van der Waals surface area contributed by atoms with Gasteiger partial charge in [-0.25, -0.2) is 17.9 Å². The Morgan fingerprint density at radius 1 is 0.829 bits per heavy atom. The van der Waals surface area contributed by atoms with E-state index < -0.39 is 16.0 Å². The zero-order chi connectivity index (χ0) is 24.8. The average molecular weight is 488 g/mol. The van der Waals surface area contributed by atoms with Crippen molar-refractivity contribution in [2.45, 2.75) is 19.2 Å². The lowest BCUT2D eigenvalue weighted by atomic mass is 9.99. The van der Waals surface area contributed by atoms with Gasteiger partial charge in [-0.15, -0.1) is 0 Å². The second-order valence-corrected chi connectivity index (χ2v) is 9.98. The van der Waals surface area contributed by atoms with Gasteiger partial charge in [-0.2, -0.15) is 0 Å². The molecule has 4 aromatic rings. The highest BCUT2D eigenvalue weighted by molar-refractivity contribution is 7.88. The van der Waals surface area contributed by atoms with Crippen LogP contribution in [0.5, 0.6) is 11.5 Å². The number of sulfonamides is 1. The van der Waals surface area contributed by atoms with Crippen molar-refractivity contribution in [2.24, 2.45) is 0 Å². The van der Waals surface area contributed by atoms with Gasteiger partial charge in [0.05, 0.1) is 11.3 Å². The molecule has 0 aromatic heterocycles. The number of ether oxygens (including phenoxy) is 1. The molecule has 0 saturated heterocycles. The Hall–Kier alpha value is -3.94. The van der Waals surface area contributed by atoms with Gasteiger partial charge < -0.3 is 9.84 Å². The fourth-order valence-corrected chi connectivity index (χ4v) is 4.80. The van der Waals surface area contributed by atoms with Gasteiger partial charge >= 0.3 is 5.97 Å². The van der Waals surface area contributed by atoms with E-state index in [1.807, 2.05) is 79.7 Å². The first-order valence-electron chi connectivity index (χ1n) is 11.0. The van der Waals surface area contributed by atoms with Crippen molar-refractivity contribution in [3.8, 4) is 22.6 Å². The standard InChI is InChI=1S/C28H25NO5S/c1-20-17-22(19-35(32,33)29-18-21-7-10-24(11-8-21)28(30)31)9-16-27(20)23-12-14-26(15-13-23)34-25-5-3-2-4-6-25/h2-17,29H,18-19H2,1H3,(H,30,31). The van der Waals surface area contributed by atoms with Gasteiger partial charge in [0, 0.05) is 6.54 Å². The van der Waals surface area contributed by atoms with Crippen LogP contribution in [0.15, 0.2) is 97.1 Å². The highest BCUT2D eigenvalue weighted by Crippen LogP contribution is 2.28. The summed E-state index contributed by atoms with van der Waals surface area (Å²) in [6, 6.07) is 29.1. The molecule has 0 heterocycles. The number of nitrogens with one attached hydrogen (secondary N) is 1. The van der Waals surface area contributed by atoms with Crippen molar-refractivity contribution in [3.63, 3.8) is 0 Å². The van der Waals surface area contributed by atoms with Gasteiger partial charge in [0.2, 0.25) is 10.0 Å². The van der Waals surface area contributed by atoms with E-state index in [4.69, 9.17) is 9.84 Å². The van der Waals surface area contributed by atoms with Crippen LogP contribution >= 0.6 is 0 Å². The lowest BCUT2D eigenvalue weighted by Crippen LogP contribution is -2.24. The van der Waals surface area contributed by atoms with E-state index in [-0.39, 0.29) is 17.9 Å². The van der Waals surface area contributed by atoms with Crippen LogP contribution < -0.4 is 9.46 Å². The second kappa shape index (κ2) is 10.5. The van der Waals surface area contributed by atoms with E-state index in [0.717, 1.165) is 28.2 Å². The maximum absolute atomic E-state index is 12.6. The first-order valence-corrected chi connectivity index (χ1v) is 12.7. The van der Waals surface area contributed by atoms with Gasteiger partial charge in [-0.3, -0.25) is 0 Å². The molecule has 178 valence electrons. The molecule has 0 unspecified atom stereocenters. The molecule has 35 heavy (non-hydrogen) atoms. The molecule has 0 aliphatic carbocycles. The fourth-order valence-electron chi connectivity index (χ4n) is 3.70. The van der Waals surface area contributed by atoms with E-state index in [1.54, 1.807) is 12.1 Å². The van der Waals surface area contributed by atoms with E-state index in [9.17, 15) is 13.2 Å². The third-order valence-corrected chi connectivity index (χ3v) is 6.79. The number of carboxylic acid groups (broad SMARTS) is 1. The predicted octanol–water partition coefficient (Wildman–Crippen LogP) is 5.77. The minimum atomic E-state index is -3.57. The molecule has 0 aliphatic heterocycles. The normalized spacial score (nSPS) is 11.2. The summed E-state index contributed by atoms with van der Waals surface area (Å²) in [4.78, 5) is 10.9. The maximum atomic E-state index is 12.6. The summed E-state index contributed by atoms with van der Waals surface area (Å²) < 4.78 is 33.6. The number of hydrogen-bond acceptors (Lipinski definition) is 4. The van der Waals surface area contributed by atoms with Crippen LogP contribution in [0.3, 0.4) is 0 Å². The summed E-state index contributed by atoms with van der Waals surface area (Å²) in [5.41, 5.74) is 4.53. The molecule has 0 amide bonds. The minimum absolute atomic E-state index is 0.0939. The largest absolute Gasteiger partial charge is 0.478 e. The molecular formula is C28H25NO5S. The number of rotatable bonds is 9. The highest BCUT2D eigenvalue weighted by Gasteiger charge is 2.13. The molecule has 2 N–H and O–H groups in total. The van der Waals surface area contributed by atoms with Crippen LogP contribution in [0.25, 0.3) is 11.1 Å². The lowest BCUT2D eigenvalue weighted by Gasteiger charge is -2.11. The Kier molecular flexibility index (Phi) is 7.29. The molecule has 0 spiro atoms. The molecule has 4 aromatic carbocycles. The third-order valence-electron chi connectivity index (χ3n) is 5.49. The Balaban J connectivity index is 1.39. The Labute approximate surface area is 204 Å². The van der Waals surface area contributed by atoms with Crippen LogP contribution in [-0.2, 0) is 22.3 Å². The Bertz CT molecular complexity index is 1410. The van der Waals surface area contributed by atoms with E-state index in [1.165, 1.54) is 12.1 Å².